The molecule has 198 valence electrons. The molecule has 9 heteroatoms. The first-order valence-corrected chi connectivity index (χ1v) is 17.4. The first-order chi connectivity index (χ1) is 17.3. The van der Waals surface area contributed by atoms with Crippen molar-refractivity contribution < 1.29 is 30.5 Å². The highest BCUT2D eigenvalue weighted by atomic mass is 32.2. The predicted molar refractivity (Wildman–Crippen MR) is 141 cm³/mol. The normalized spacial score (nSPS) is 18.2. The number of halogens is 3. The summed E-state index contributed by atoms with van der Waals surface area (Å²) < 4.78 is 71.4. The minimum atomic E-state index is -5.72. The van der Waals surface area contributed by atoms with Crippen molar-refractivity contribution in [3.05, 3.63) is 95.1 Å². The van der Waals surface area contributed by atoms with Gasteiger partial charge in [0.25, 0.3) is 0 Å². The van der Waals surface area contributed by atoms with Gasteiger partial charge in [0.15, 0.2) is 0 Å². The summed E-state index contributed by atoms with van der Waals surface area (Å²) in [5.41, 5.74) is -1.12. The number of alkyl halides is 3. The predicted octanol–water partition coefficient (Wildman–Crippen LogP) is 7.49. The molecule has 0 aliphatic heterocycles. The second kappa shape index (κ2) is 10.5. The van der Waals surface area contributed by atoms with Crippen molar-refractivity contribution in [3.8, 4) is 11.5 Å². The average Bonchev–Trinajstić information content (AvgIpc) is 2.83. The van der Waals surface area contributed by atoms with Crippen LogP contribution in [0.2, 0.25) is 25.7 Å². The molecule has 1 aliphatic carbocycles. The molecule has 0 bridgehead atoms. The molecule has 4 nitrogen and oxygen atoms in total. The highest BCUT2D eigenvalue weighted by Gasteiger charge is 2.48. The molecule has 0 saturated carbocycles. The Hall–Kier alpha value is -2.78. The van der Waals surface area contributed by atoms with Gasteiger partial charge in [-0.2, -0.15) is 21.6 Å². The first kappa shape index (κ1) is 27.3. The SMILES string of the molecule is C[Si](C)(C)CCOc1ccc2c(c1)CC[C@H](c1ccccc1)[C@@H]2c1ccc(OS(=O)(=O)C(F)(F)F)cc1. The summed E-state index contributed by atoms with van der Waals surface area (Å²) in [6.45, 7) is 7.62. The molecule has 1 aliphatic rings. The molecular formula is C28H31F3O4SSi. The van der Waals surface area contributed by atoms with Crippen LogP contribution in [0.25, 0.3) is 0 Å². The Kier molecular flexibility index (Phi) is 7.76. The van der Waals surface area contributed by atoms with Crippen molar-refractivity contribution in [3.63, 3.8) is 0 Å². The van der Waals surface area contributed by atoms with Gasteiger partial charge >= 0.3 is 15.6 Å². The Bertz CT molecular complexity index is 1320. The maximum absolute atomic E-state index is 12.7. The standard InChI is InChI=1S/C28H31F3O4SSi/c1-37(2,3)18-17-34-24-14-16-26-22(19-24)11-15-25(20-7-5-4-6-8-20)27(26)21-9-12-23(13-10-21)35-36(32,33)28(29,30)31/h4-10,12-14,16,19,25,27H,11,15,17-18H2,1-3H3/t25-,27+/m1/s1. The lowest BCUT2D eigenvalue weighted by atomic mass is 9.69. The minimum Gasteiger partial charge on any atom is -0.494 e. The number of benzene rings is 3. The van der Waals surface area contributed by atoms with Gasteiger partial charge in [-0.3, -0.25) is 0 Å². The molecule has 0 heterocycles. The van der Waals surface area contributed by atoms with Crippen LogP contribution in [-0.2, 0) is 16.5 Å². The Morgan fingerprint density at radius 1 is 0.892 bits per heavy atom. The maximum Gasteiger partial charge on any atom is 0.534 e. The third kappa shape index (κ3) is 6.57. The third-order valence-corrected chi connectivity index (χ3v) is 9.34. The number of rotatable bonds is 8. The zero-order valence-electron chi connectivity index (χ0n) is 21.1. The monoisotopic (exact) mass is 548 g/mol. The van der Waals surface area contributed by atoms with E-state index in [1.54, 1.807) is 12.1 Å². The highest BCUT2D eigenvalue weighted by molar-refractivity contribution is 7.88. The quantitative estimate of drug-likeness (QED) is 0.166. The largest absolute Gasteiger partial charge is 0.534 e. The summed E-state index contributed by atoms with van der Waals surface area (Å²) in [5, 5.41) is 0. The van der Waals surface area contributed by atoms with E-state index in [1.165, 1.54) is 23.3 Å². The van der Waals surface area contributed by atoms with Gasteiger partial charge in [0, 0.05) is 14.0 Å². The number of fused-ring (bicyclic) bond motifs is 1. The molecule has 2 atom stereocenters. The zero-order valence-corrected chi connectivity index (χ0v) is 22.9. The Balaban J connectivity index is 1.65. The van der Waals surface area contributed by atoms with Crippen molar-refractivity contribution in [2.24, 2.45) is 0 Å². The highest BCUT2D eigenvalue weighted by Crippen LogP contribution is 2.47. The van der Waals surface area contributed by atoms with Crippen LogP contribution in [0.15, 0.2) is 72.8 Å². The maximum atomic E-state index is 12.7. The van der Waals surface area contributed by atoms with E-state index in [-0.39, 0.29) is 17.6 Å². The van der Waals surface area contributed by atoms with Crippen LogP contribution < -0.4 is 8.92 Å². The number of aryl methyl sites for hydroxylation is 1. The van der Waals surface area contributed by atoms with Crippen LogP contribution in [0.1, 0.15) is 40.5 Å². The van der Waals surface area contributed by atoms with Gasteiger partial charge in [0.1, 0.15) is 11.5 Å². The molecule has 0 unspecified atom stereocenters. The van der Waals surface area contributed by atoms with Crippen molar-refractivity contribution >= 4 is 18.2 Å². The average molecular weight is 549 g/mol. The van der Waals surface area contributed by atoms with E-state index < -0.39 is 23.7 Å². The molecule has 0 spiro atoms. The van der Waals surface area contributed by atoms with Gasteiger partial charge in [0.05, 0.1) is 6.61 Å². The summed E-state index contributed by atoms with van der Waals surface area (Å²) in [6, 6.07) is 23.2. The van der Waals surface area contributed by atoms with E-state index in [0.717, 1.165) is 35.8 Å². The minimum absolute atomic E-state index is 0.0598. The van der Waals surface area contributed by atoms with Crippen LogP contribution in [0, 0.1) is 0 Å². The number of ether oxygens (including phenoxy) is 1. The topological polar surface area (TPSA) is 52.6 Å². The Labute approximate surface area is 217 Å². The summed E-state index contributed by atoms with van der Waals surface area (Å²) in [7, 11) is -6.93. The lowest BCUT2D eigenvalue weighted by molar-refractivity contribution is -0.0500. The molecule has 3 aromatic carbocycles. The molecule has 37 heavy (non-hydrogen) atoms. The molecule has 0 fully saturated rings. The Morgan fingerprint density at radius 3 is 2.16 bits per heavy atom. The summed E-state index contributed by atoms with van der Waals surface area (Å²) in [4.78, 5) is 0. The van der Waals surface area contributed by atoms with E-state index in [9.17, 15) is 21.6 Å². The van der Waals surface area contributed by atoms with Gasteiger partial charge in [-0.15, -0.1) is 0 Å². The van der Waals surface area contributed by atoms with E-state index in [2.05, 4.69) is 48.1 Å². The second-order valence-corrected chi connectivity index (χ2v) is 17.8. The fourth-order valence-corrected chi connectivity index (χ4v) is 5.91. The van der Waals surface area contributed by atoms with Gasteiger partial charge < -0.3 is 8.92 Å². The lowest BCUT2D eigenvalue weighted by Crippen LogP contribution is -2.28. The van der Waals surface area contributed by atoms with Crippen LogP contribution >= 0.6 is 0 Å². The van der Waals surface area contributed by atoms with E-state index in [1.807, 2.05) is 24.3 Å². The smallest absolute Gasteiger partial charge is 0.494 e. The summed E-state index contributed by atoms with van der Waals surface area (Å²) in [5.74, 6) is 0.558. The van der Waals surface area contributed by atoms with Crippen molar-refractivity contribution in [1.82, 2.24) is 0 Å². The molecule has 0 N–H and O–H groups in total. The molecule has 0 radical (unpaired) electrons. The van der Waals surface area contributed by atoms with Crippen LogP contribution in [-0.4, -0.2) is 28.6 Å². The molecule has 0 amide bonds. The van der Waals surface area contributed by atoms with Crippen molar-refractivity contribution in [2.45, 2.75) is 55.9 Å². The third-order valence-electron chi connectivity index (χ3n) is 6.65. The summed E-state index contributed by atoms with van der Waals surface area (Å²) in [6.07, 6.45) is 1.77. The Morgan fingerprint density at radius 2 is 1.54 bits per heavy atom. The van der Waals surface area contributed by atoms with Crippen molar-refractivity contribution in [2.75, 3.05) is 6.61 Å². The van der Waals surface area contributed by atoms with Crippen LogP contribution in [0.5, 0.6) is 11.5 Å². The van der Waals surface area contributed by atoms with Gasteiger partial charge in [-0.1, -0.05) is 68.2 Å². The van der Waals surface area contributed by atoms with Crippen LogP contribution in [0.4, 0.5) is 13.2 Å². The van der Waals surface area contributed by atoms with E-state index in [4.69, 9.17) is 4.74 Å². The second-order valence-electron chi connectivity index (χ2n) is 10.6. The zero-order chi connectivity index (χ0) is 26.8. The van der Waals surface area contributed by atoms with Gasteiger partial charge in [-0.05, 0) is 71.3 Å². The lowest BCUT2D eigenvalue weighted by Gasteiger charge is -2.35. The van der Waals surface area contributed by atoms with E-state index >= 15 is 0 Å². The van der Waals surface area contributed by atoms with Gasteiger partial charge in [0.2, 0.25) is 0 Å². The fourth-order valence-electron chi connectivity index (χ4n) is 4.74. The van der Waals surface area contributed by atoms with Gasteiger partial charge in [-0.25, -0.2) is 0 Å². The molecule has 4 rings (SSSR count). The molecule has 0 aromatic heterocycles. The molecule has 3 aromatic rings. The molecule has 0 saturated heterocycles. The first-order valence-electron chi connectivity index (χ1n) is 12.3. The van der Waals surface area contributed by atoms with Crippen LogP contribution in [0.3, 0.4) is 0 Å². The summed E-state index contributed by atoms with van der Waals surface area (Å²) >= 11 is 0. The van der Waals surface area contributed by atoms with E-state index in [0.29, 0.717) is 6.61 Å². The van der Waals surface area contributed by atoms with Crippen molar-refractivity contribution in [1.29, 1.82) is 0 Å². The number of hydrogen-bond donors (Lipinski definition) is 0. The fraction of sp³-hybridized carbons (Fsp3) is 0.357. The number of hydrogen-bond acceptors (Lipinski definition) is 4. The molecular weight excluding hydrogens is 517 g/mol.